The molecule has 5 heteroatoms. The standard InChI is InChI=1S/C14H20N2O2S/c15-14(19)12-3-1-2-4-13(12)18-8-7-16-6-5-11(9-16)10-17/h1-4,11,17H,5-10H2,(H2,15,19). The van der Waals surface area contributed by atoms with Gasteiger partial charge in [-0.2, -0.15) is 0 Å². The predicted octanol–water partition coefficient (Wildman–Crippen LogP) is 1.01. The summed E-state index contributed by atoms with van der Waals surface area (Å²) in [5.74, 6) is 1.16. The van der Waals surface area contributed by atoms with E-state index in [0.717, 1.165) is 37.4 Å². The fourth-order valence-electron chi connectivity index (χ4n) is 2.35. The first-order valence-electron chi connectivity index (χ1n) is 6.55. The summed E-state index contributed by atoms with van der Waals surface area (Å²) in [6.07, 6.45) is 1.07. The van der Waals surface area contributed by atoms with E-state index in [1.165, 1.54) is 0 Å². The van der Waals surface area contributed by atoms with E-state index in [1.807, 2.05) is 24.3 Å². The van der Waals surface area contributed by atoms with E-state index >= 15 is 0 Å². The molecule has 0 aromatic heterocycles. The Kier molecular flexibility index (Phi) is 5.13. The molecule has 0 saturated carbocycles. The molecular weight excluding hydrogens is 260 g/mol. The maximum Gasteiger partial charge on any atom is 0.129 e. The highest BCUT2D eigenvalue weighted by atomic mass is 32.1. The van der Waals surface area contributed by atoms with Gasteiger partial charge >= 0.3 is 0 Å². The third-order valence-corrected chi connectivity index (χ3v) is 3.67. The topological polar surface area (TPSA) is 58.7 Å². The lowest BCUT2D eigenvalue weighted by Crippen LogP contribution is -2.27. The number of benzene rings is 1. The lowest BCUT2D eigenvalue weighted by molar-refractivity contribution is 0.204. The average molecular weight is 280 g/mol. The number of ether oxygens (including phenoxy) is 1. The Morgan fingerprint density at radius 1 is 1.47 bits per heavy atom. The molecule has 1 aliphatic rings. The van der Waals surface area contributed by atoms with Gasteiger partial charge < -0.3 is 15.6 Å². The van der Waals surface area contributed by atoms with Crippen LogP contribution < -0.4 is 10.5 Å². The van der Waals surface area contributed by atoms with Crippen LogP contribution in [0, 0.1) is 5.92 Å². The van der Waals surface area contributed by atoms with Crippen molar-refractivity contribution < 1.29 is 9.84 Å². The molecule has 0 bridgehead atoms. The first-order valence-corrected chi connectivity index (χ1v) is 6.96. The molecule has 1 fully saturated rings. The molecule has 1 aromatic rings. The van der Waals surface area contributed by atoms with Gasteiger partial charge in [0.25, 0.3) is 0 Å². The fraction of sp³-hybridized carbons (Fsp3) is 0.500. The maximum absolute atomic E-state index is 9.10. The second-order valence-electron chi connectivity index (χ2n) is 4.85. The summed E-state index contributed by atoms with van der Waals surface area (Å²) in [4.78, 5) is 2.67. The van der Waals surface area contributed by atoms with Gasteiger partial charge in [0.05, 0.1) is 5.56 Å². The van der Waals surface area contributed by atoms with Crippen molar-refractivity contribution in [2.24, 2.45) is 11.7 Å². The van der Waals surface area contributed by atoms with E-state index in [1.54, 1.807) is 0 Å². The molecule has 4 nitrogen and oxygen atoms in total. The highest BCUT2D eigenvalue weighted by Gasteiger charge is 2.21. The van der Waals surface area contributed by atoms with Crippen molar-refractivity contribution in [3.63, 3.8) is 0 Å². The first-order chi connectivity index (χ1) is 9.20. The van der Waals surface area contributed by atoms with E-state index in [-0.39, 0.29) is 6.61 Å². The number of likely N-dealkylation sites (tertiary alicyclic amines) is 1. The zero-order valence-corrected chi connectivity index (χ0v) is 11.7. The van der Waals surface area contributed by atoms with Gasteiger partial charge in [-0.15, -0.1) is 0 Å². The monoisotopic (exact) mass is 280 g/mol. The number of aliphatic hydroxyl groups excluding tert-OH is 1. The molecule has 1 heterocycles. The van der Waals surface area contributed by atoms with Gasteiger partial charge in [-0.05, 0) is 31.0 Å². The molecule has 2 rings (SSSR count). The third-order valence-electron chi connectivity index (χ3n) is 3.45. The molecular formula is C14H20N2O2S. The van der Waals surface area contributed by atoms with Gasteiger partial charge in [0.15, 0.2) is 0 Å². The molecule has 1 aromatic carbocycles. The normalized spacial score (nSPS) is 19.5. The number of nitrogens with two attached hydrogens (primary N) is 1. The van der Waals surface area contributed by atoms with E-state index in [2.05, 4.69) is 4.90 Å². The summed E-state index contributed by atoms with van der Waals surface area (Å²) < 4.78 is 5.76. The van der Waals surface area contributed by atoms with Crippen LogP contribution in [-0.2, 0) is 0 Å². The van der Waals surface area contributed by atoms with Crippen LogP contribution in [0.15, 0.2) is 24.3 Å². The van der Waals surface area contributed by atoms with Gasteiger partial charge in [0.2, 0.25) is 0 Å². The molecule has 104 valence electrons. The Hall–Kier alpha value is -1.17. The Morgan fingerprint density at radius 3 is 2.95 bits per heavy atom. The van der Waals surface area contributed by atoms with Crippen LogP contribution in [0.1, 0.15) is 12.0 Å². The molecule has 19 heavy (non-hydrogen) atoms. The van der Waals surface area contributed by atoms with Crippen LogP contribution in [0.3, 0.4) is 0 Å². The Labute approximate surface area is 119 Å². The van der Waals surface area contributed by atoms with Crippen LogP contribution in [0.4, 0.5) is 0 Å². The molecule has 1 aliphatic heterocycles. The highest BCUT2D eigenvalue weighted by Crippen LogP contribution is 2.18. The molecule has 1 atom stereocenters. The maximum atomic E-state index is 9.10. The van der Waals surface area contributed by atoms with Crippen molar-refractivity contribution in [2.45, 2.75) is 6.42 Å². The number of thiocarbonyl (C=S) groups is 1. The molecule has 0 radical (unpaired) electrons. The lowest BCUT2D eigenvalue weighted by Gasteiger charge is -2.17. The third kappa shape index (κ3) is 3.89. The van der Waals surface area contributed by atoms with Crippen molar-refractivity contribution >= 4 is 17.2 Å². The van der Waals surface area contributed by atoms with Crippen molar-refractivity contribution in [3.8, 4) is 5.75 Å². The number of rotatable bonds is 6. The summed E-state index contributed by atoms with van der Waals surface area (Å²) in [6, 6.07) is 7.56. The van der Waals surface area contributed by atoms with Gasteiger partial charge in [0.1, 0.15) is 17.3 Å². The van der Waals surface area contributed by atoms with Gasteiger partial charge in [-0.1, -0.05) is 24.4 Å². The number of hydrogen-bond acceptors (Lipinski definition) is 4. The fourth-order valence-corrected chi connectivity index (χ4v) is 2.51. The summed E-state index contributed by atoms with van der Waals surface area (Å²) in [6.45, 7) is 3.74. The van der Waals surface area contributed by atoms with E-state index in [4.69, 9.17) is 27.8 Å². The molecule has 0 spiro atoms. The SMILES string of the molecule is NC(=S)c1ccccc1OCCN1CCC(CO)C1. The average Bonchev–Trinajstić information content (AvgIpc) is 2.87. The first kappa shape index (κ1) is 14.2. The second kappa shape index (κ2) is 6.84. The minimum absolute atomic E-state index is 0.279. The Bertz CT molecular complexity index is 439. The smallest absolute Gasteiger partial charge is 0.129 e. The molecule has 0 aliphatic carbocycles. The van der Waals surface area contributed by atoms with Crippen LogP contribution in [0.25, 0.3) is 0 Å². The molecule has 1 saturated heterocycles. The van der Waals surface area contributed by atoms with Crippen LogP contribution in [0.2, 0.25) is 0 Å². The number of hydrogen-bond donors (Lipinski definition) is 2. The van der Waals surface area contributed by atoms with Crippen LogP contribution in [-0.4, -0.2) is 47.8 Å². The second-order valence-corrected chi connectivity index (χ2v) is 5.29. The minimum atomic E-state index is 0.279. The van der Waals surface area contributed by atoms with Gasteiger partial charge in [0, 0.05) is 19.7 Å². The van der Waals surface area contributed by atoms with Gasteiger partial charge in [-0.25, -0.2) is 0 Å². The zero-order chi connectivity index (χ0) is 13.7. The Morgan fingerprint density at radius 2 is 2.26 bits per heavy atom. The summed E-state index contributed by atoms with van der Waals surface area (Å²) in [5.41, 5.74) is 6.44. The number of aliphatic hydroxyl groups is 1. The minimum Gasteiger partial charge on any atom is -0.492 e. The predicted molar refractivity (Wildman–Crippen MR) is 79.5 cm³/mol. The zero-order valence-electron chi connectivity index (χ0n) is 10.9. The number of para-hydroxylation sites is 1. The summed E-state index contributed by atoms with van der Waals surface area (Å²) in [5, 5.41) is 9.10. The van der Waals surface area contributed by atoms with Crippen molar-refractivity contribution in [1.29, 1.82) is 0 Å². The number of nitrogens with zero attached hydrogens (tertiary/aromatic N) is 1. The largest absolute Gasteiger partial charge is 0.492 e. The highest BCUT2D eigenvalue weighted by molar-refractivity contribution is 7.80. The van der Waals surface area contributed by atoms with Crippen molar-refractivity contribution in [3.05, 3.63) is 29.8 Å². The van der Waals surface area contributed by atoms with Crippen molar-refractivity contribution in [2.75, 3.05) is 32.8 Å². The summed E-state index contributed by atoms with van der Waals surface area (Å²) in [7, 11) is 0. The van der Waals surface area contributed by atoms with E-state index in [0.29, 0.717) is 17.5 Å². The van der Waals surface area contributed by atoms with E-state index in [9.17, 15) is 0 Å². The van der Waals surface area contributed by atoms with E-state index < -0.39 is 0 Å². The Balaban J connectivity index is 1.82. The van der Waals surface area contributed by atoms with Crippen molar-refractivity contribution in [1.82, 2.24) is 4.90 Å². The molecule has 0 amide bonds. The van der Waals surface area contributed by atoms with Crippen LogP contribution >= 0.6 is 12.2 Å². The summed E-state index contributed by atoms with van der Waals surface area (Å²) >= 11 is 5.00. The van der Waals surface area contributed by atoms with Crippen LogP contribution in [0.5, 0.6) is 5.75 Å². The quantitative estimate of drug-likeness (QED) is 0.762. The van der Waals surface area contributed by atoms with Gasteiger partial charge in [-0.3, -0.25) is 4.90 Å². The molecule has 1 unspecified atom stereocenters. The molecule has 3 N–H and O–H groups in total. The lowest BCUT2D eigenvalue weighted by atomic mass is 10.1.